The number of esters is 1. The maximum absolute atomic E-state index is 14.0. The smallest absolute Gasteiger partial charge is 0.356 e. The molecule has 0 aliphatic rings. The summed E-state index contributed by atoms with van der Waals surface area (Å²) in [6, 6.07) is 6.94. The Labute approximate surface area is 254 Å². The van der Waals surface area contributed by atoms with Crippen molar-refractivity contribution in [2.75, 3.05) is 25.4 Å². The molecule has 3 N–H and O–H groups in total. The van der Waals surface area contributed by atoms with E-state index in [1.807, 2.05) is 13.8 Å². The second-order valence-electron chi connectivity index (χ2n) is 10.1. The van der Waals surface area contributed by atoms with Gasteiger partial charge in [-0.25, -0.2) is 18.6 Å². The number of H-pyrrole nitrogens is 1. The fourth-order valence-electron chi connectivity index (χ4n) is 4.56. The van der Waals surface area contributed by atoms with Crippen LogP contribution >= 0.6 is 11.8 Å². The van der Waals surface area contributed by atoms with Crippen LogP contribution in [0.2, 0.25) is 0 Å². The van der Waals surface area contributed by atoms with E-state index >= 15 is 0 Å². The van der Waals surface area contributed by atoms with Crippen LogP contribution in [0.25, 0.3) is 0 Å². The first-order chi connectivity index (χ1) is 20.5. The van der Waals surface area contributed by atoms with E-state index in [2.05, 4.69) is 15.3 Å². The molecule has 1 heterocycles. The predicted octanol–water partition coefficient (Wildman–Crippen LogP) is 4.93. The fourth-order valence-corrected chi connectivity index (χ4v) is 5.43. The molecule has 12 heteroatoms. The van der Waals surface area contributed by atoms with Crippen molar-refractivity contribution in [3.8, 4) is 0 Å². The third-order valence-electron chi connectivity index (χ3n) is 6.46. The Bertz CT molecular complexity index is 1390. The van der Waals surface area contributed by atoms with Gasteiger partial charge in [-0.15, -0.1) is 0 Å². The average molecular weight is 617 g/mol. The highest BCUT2D eigenvalue weighted by atomic mass is 32.2. The third-order valence-corrected chi connectivity index (χ3v) is 7.45. The van der Waals surface area contributed by atoms with Crippen LogP contribution in [0.1, 0.15) is 75.9 Å². The lowest BCUT2D eigenvalue weighted by Gasteiger charge is -2.25. The van der Waals surface area contributed by atoms with E-state index in [1.54, 1.807) is 30.9 Å². The summed E-state index contributed by atoms with van der Waals surface area (Å²) in [5, 5.41) is 14.3. The van der Waals surface area contributed by atoms with Crippen LogP contribution < -0.4 is 5.32 Å². The molecule has 3 aromatic rings. The lowest BCUT2D eigenvalue weighted by atomic mass is 10.00. The number of thioether (sulfide) groups is 1. The number of aliphatic hydroxyl groups is 1. The first-order valence-electron chi connectivity index (χ1n) is 14.2. The molecule has 0 saturated heterocycles. The van der Waals surface area contributed by atoms with Gasteiger partial charge in [0.15, 0.2) is 5.16 Å². The maximum atomic E-state index is 14.0. The number of carbonyl (C=O) groups excluding carboxylic acids is 3. The number of amides is 2. The number of benzene rings is 2. The lowest BCUT2D eigenvalue weighted by Crippen LogP contribution is -2.46. The Morgan fingerprint density at radius 3 is 2.30 bits per heavy atom. The summed E-state index contributed by atoms with van der Waals surface area (Å²) < 4.78 is 32.9. The number of hydrogen-bond acceptors (Lipinski definition) is 7. The first kappa shape index (κ1) is 33.7. The van der Waals surface area contributed by atoms with Crippen molar-refractivity contribution in [2.24, 2.45) is 0 Å². The van der Waals surface area contributed by atoms with Crippen molar-refractivity contribution in [2.45, 2.75) is 64.3 Å². The first-order valence-corrected chi connectivity index (χ1v) is 15.2. The second-order valence-corrected chi connectivity index (χ2v) is 11.2. The number of carbonyl (C=O) groups is 3. The molecule has 0 aliphatic heterocycles. The van der Waals surface area contributed by atoms with Crippen molar-refractivity contribution in [3.63, 3.8) is 0 Å². The predicted molar refractivity (Wildman–Crippen MR) is 160 cm³/mol. The van der Waals surface area contributed by atoms with Crippen LogP contribution in [0.15, 0.2) is 47.8 Å². The quantitative estimate of drug-likeness (QED) is 0.163. The molecule has 0 saturated carbocycles. The minimum absolute atomic E-state index is 0.0269. The van der Waals surface area contributed by atoms with Gasteiger partial charge in [0.2, 0.25) is 0 Å². The van der Waals surface area contributed by atoms with E-state index in [0.29, 0.717) is 29.4 Å². The molecule has 2 aromatic carbocycles. The van der Waals surface area contributed by atoms with Gasteiger partial charge in [0.05, 0.1) is 24.9 Å². The summed E-state index contributed by atoms with van der Waals surface area (Å²) in [5.41, 5.74) is 1.70. The number of aryl methyl sites for hydroxylation is 1. The van der Waals surface area contributed by atoms with E-state index in [1.165, 1.54) is 12.3 Å². The second kappa shape index (κ2) is 16.2. The van der Waals surface area contributed by atoms with E-state index < -0.39 is 35.7 Å². The SMILES string of the molecule is CCCN(CCC)C(=O)c1cc(C)cc(C(=O)N[C@@H](Cc2cc(F)cc(F)c2)[C@@H](O)CSc2ncc(C(=O)OCC)[nH]2)c1. The van der Waals surface area contributed by atoms with Gasteiger partial charge >= 0.3 is 5.97 Å². The highest BCUT2D eigenvalue weighted by molar-refractivity contribution is 7.99. The number of aromatic nitrogens is 2. The minimum Gasteiger partial charge on any atom is -0.461 e. The number of rotatable bonds is 15. The maximum Gasteiger partial charge on any atom is 0.356 e. The highest BCUT2D eigenvalue weighted by Gasteiger charge is 2.25. The van der Waals surface area contributed by atoms with Gasteiger partial charge in [0, 0.05) is 36.0 Å². The zero-order valence-corrected chi connectivity index (χ0v) is 25.6. The summed E-state index contributed by atoms with van der Waals surface area (Å²) in [4.78, 5) is 47.3. The molecule has 0 unspecified atom stereocenters. The molecule has 232 valence electrons. The molecule has 0 aliphatic carbocycles. The Balaban J connectivity index is 1.82. The number of imidazole rings is 1. The number of hydrogen-bond donors (Lipinski definition) is 3. The third kappa shape index (κ3) is 9.89. The van der Waals surface area contributed by atoms with Gasteiger partial charge in [-0.2, -0.15) is 0 Å². The molecule has 3 rings (SSSR count). The molecule has 0 radical (unpaired) electrons. The van der Waals surface area contributed by atoms with Crippen molar-refractivity contribution >= 4 is 29.5 Å². The van der Waals surface area contributed by atoms with Gasteiger partial charge in [0.1, 0.15) is 17.3 Å². The Hall–Kier alpha value is -3.77. The van der Waals surface area contributed by atoms with E-state index in [0.717, 1.165) is 42.8 Å². The molecular weight excluding hydrogens is 578 g/mol. The van der Waals surface area contributed by atoms with Crippen molar-refractivity contribution in [1.82, 2.24) is 20.2 Å². The van der Waals surface area contributed by atoms with Crippen LogP contribution in [0.5, 0.6) is 0 Å². The van der Waals surface area contributed by atoms with Gasteiger partial charge < -0.3 is 25.0 Å². The minimum atomic E-state index is -1.19. The van der Waals surface area contributed by atoms with Crippen LogP contribution in [-0.4, -0.2) is 75.4 Å². The lowest BCUT2D eigenvalue weighted by molar-refractivity contribution is 0.0519. The van der Waals surface area contributed by atoms with Crippen molar-refractivity contribution < 1.29 is 33.0 Å². The number of aromatic amines is 1. The molecule has 43 heavy (non-hydrogen) atoms. The molecular formula is C31H38F2N4O5S. The van der Waals surface area contributed by atoms with Crippen molar-refractivity contribution in [3.05, 3.63) is 82.2 Å². The number of ether oxygens (including phenoxy) is 1. The number of nitrogens with one attached hydrogen (secondary N) is 2. The van der Waals surface area contributed by atoms with Gasteiger partial charge in [-0.1, -0.05) is 25.6 Å². The van der Waals surface area contributed by atoms with Crippen molar-refractivity contribution in [1.29, 1.82) is 0 Å². The molecule has 1 aromatic heterocycles. The number of aliphatic hydroxyl groups excluding tert-OH is 1. The zero-order valence-electron chi connectivity index (χ0n) is 24.8. The summed E-state index contributed by atoms with van der Waals surface area (Å²) in [5.74, 6) is -2.83. The van der Waals surface area contributed by atoms with Crippen LogP contribution in [0, 0.1) is 18.6 Å². The molecule has 0 bridgehead atoms. The van der Waals surface area contributed by atoms with E-state index in [4.69, 9.17) is 4.74 Å². The van der Waals surface area contributed by atoms with Gasteiger partial charge in [-0.05, 0) is 74.6 Å². The van der Waals surface area contributed by atoms with Gasteiger partial charge in [0.25, 0.3) is 11.8 Å². The summed E-state index contributed by atoms with van der Waals surface area (Å²) in [7, 11) is 0. The Morgan fingerprint density at radius 2 is 1.67 bits per heavy atom. The van der Waals surface area contributed by atoms with E-state index in [9.17, 15) is 28.3 Å². The number of halogens is 2. The highest BCUT2D eigenvalue weighted by Crippen LogP contribution is 2.20. The van der Waals surface area contributed by atoms with Crippen LogP contribution in [0.4, 0.5) is 8.78 Å². The monoisotopic (exact) mass is 616 g/mol. The Kier molecular flexibility index (Phi) is 12.7. The van der Waals surface area contributed by atoms with Crippen LogP contribution in [0.3, 0.4) is 0 Å². The largest absolute Gasteiger partial charge is 0.461 e. The molecule has 0 fully saturated rings. The molecule has 9 nitrogen and oxygen atoms in total. The molecule has 2 amide bonds. The zero-order chi connectivity index (χ0) is 31.5. The van der Waals surface area contributed by atoms with Crippen LogP contribution in [-0.2, 0) is 11.2 Å². The van der Waals surface area contributed by atoms with E-state index in [-0.39, 0.29) is 41.5 Å². The standard InChI is InChI=1S/C31H38F2N4O5S/c1-5-8-37(9-6-2)29(40)22-11-19(4)10-21(15-22)28(39)35-25(14-20-12-23(32)16-24(33)13-20)27(38)18-43-31-34-17-26(36-31)30(41)42-7-3/h10-13,15-17,25,27,38H,5-9,14,18H2,1-4H3,(H,34,36)(H,35,39)/t25-,27-/m0/s1. The summed E-state index contributed by atoms with van der Waals surface area (Å²) in [6.45, 7) is 8.83. The summed E-state index contributed by atoms with van der Waals surface area (Å²) >= 11 is 1.10. The topological polar surface area (TPSA) is 125 Å². The average Bonchev–Trinajstić information content (AvgIpc) is 3.43. The number of nitrogens with zero attached hydrogens (tertiary/aromatic N) is 2. The van der Waals surface area contributed by atoms with Gasteiger partial charge in [-0.3, -0.25) is 9.59 Å². The summed E-state index contributed by atoms with van der Waals surface area (Å²) in [6.07, 6.45) is 1.65. The molecule has 0 spiro atoms. The Morgan fingerprint density at radius 1 is 1.02 bits per heavy atom. The normalized spacial score (nSPS) is 12.4. The molecule has 2 atom stereocenters. The fraction of sp³-hybridized carbons (Fsp3) is 0.419.